The van der Waals surface area contributed by atoms with E-state index in [4.69, 9.17) is 0 Å². The summed E-state index contributed by atoms with van der Waals surface area (Å²) in [6.45, 7) is 3.49. The largest absolute Gasteiger partial charge is 0.309 e. The van der Waals surface area contributed by atoms with Gasteiger partial charge in [0, 0.05) is 11.5 Å². The van der Waals surface area contributed by atoms with E-state index in [1.807, 2.05) is 23.9 Å². The summed E-state index contributed by atoms with van der Waals surface area (Å²) in [6.07, 6.45) is 11.0. The van der Waals surface area contributed by atoms with Crippen LogP contribution in [-0.4, -0.2) is 37.0 Å². The van der Waals surface area contributed by atoms with E-state index in [0.29, 0.717) is 0 Å². The van der Waals surface area contributed by atoms with Crippen molar-refractivity contribution in [2.45, 2.75) is 73.0 Å². The van der Waals surface area contributed by atoms with Gasteiger partial charge in [-0.25, -0.2) is 4.13 Å². The highest BCUT2D eigenvalue weighted by molar-refractivity contribution is 8.12. The predicted molar refractivity (Wildman–Crippen MR) is 171 cm³/mol. The first-order chi connectivity index (χ1) is 18.2. The quantitative estimate of drug-likeness (QED) is 0.101. The molecule has 0 unspecified atom stereocenters. The molecule has 202 valence electrons. The van der Waals surface area contributed by atoms with Gasteiger partial charge in [0.05, 0.1) is 10.9 Å². The summed E-state index contributed by atoms with van der Waals surface area (Å²) in [5, 5.41) is 0. The zero-order valence-electron chi connectivity index (χ0n) is 23.1. The third-order valence-corrected chi connectivity index (χ3v) is 9.92. The Morgan fingerprint density at radius 3 is 1.41 bits per heavy atom. The van der Waals surface area contributed by atoms with Crippen LogP contribution in [0.4, 0.5) is 0 Å². The van der Waals surface area contributed by atoms with Gasteiger partial charge in [0.1, 0.15) is 0 Å². The average molecular weight is 556 g/mol. The van der Waals surface area contributed by atoms with Gasteiger partial charge < -0.3 is 4.90 Å². The van der Waals surface area contributed by atoms with E-state index < -0.39 is 0 Å². The molecule has 1 N–H and O–H groups in total. The second kappa shape index (κ2) is 21.6. The van der Waals surface area contributed by atoms with Crippen LogP contribution in [0.3, 0.4) is 0 Å². The molecule has 0 amide bonds. The summed E-state index contributed by atoms with van der Waals surface area (Å²) in [7, 11) is 4.27. The lowest BCUT2D eigenvalue weighted by Crippen LogP contribution is -2.13. The number of hydrogen-bond acceptors (Lipinski definition) is 4. The van der Waals surface area contributed by atoms with Gasteiger partial charge in [-0.3, -0.25) is 0 Å². The second-order valence-corrected chi connectivity index (χ2v) is 13.4. The number of hydrogen-bond donors (Lipinski definition) is 1. The number of benzene rings is 3. The maximum Gasteiger partial charge on any atom is 0.166 e. The van der Waals surface area contributed by atoms with Crippen LogP contribution in [0, 0.1) is 0 Å². The van der Waals surface area contributed by atoms with Gasteiger partial charge in [-0.1, -0.05) is 118 Å². The molecule has 0 atom stereocenters. The normalized spacial score (nSPS) is 10.9. The molecule has 0 bridgehead atoms. The van der Waals surface area contributed by atoms with Gasteiger partial charge >= 0.3 is 0 Å². The molecule has 0 radical (unpaired) electrons. The molecule has 0 saturated heterocycles. The second-order valence-electron chi connectivity index (χ2n) is 9.30. The molecular formula is C32H47N2S3+. The summed E-state index contributed by atoms with van der Waals surface area (Å²) < 4.78 is 3.40. The minimum atomic E-state index is -0.0146. The Morgan fingerprint density at radius 1 is 0.568 bits per heavy atom. The lowest BCUT2D eigenvalue weighted by Gasteiger charge is -2.08. The Kier molecular flexibility index (Phi) is 18.5. The van der Waals surface area contributed by atoms with Crippen LogP contribution in [0.1, 0.15) is 58.3 Å². The van der Waals surface area contributed by atoms with Crippen LogP contribution < -0.4 is 4.13 Å². The Bertz CT molecular complexity index is 798. The SMILES string of the molecule is CCCCCCCCSNSCCCCN(C)C.c1ccc([S+](c2ccccc2)c2ccccc2)cc1. The van der Waals surface area contributed by atoms with Crippen molar-refractivity contribution in [2.75, 3.05) is 32.1 Å². The van der Waals surface area contributed by atoms with Crippen LogP contribution in [0.25, 0.3) is 0 Å². The summed E-state index contributed by atoms with van der Waals surface area (Å²) in [5.74, 6) is 2.49. The van der Waals surface area contributed by atoms with Crippen LogP contribution >= 0.6 is 23.9 Å². The van der Waals surface area contributed by atoms with Gasteiger partial charge in [0.25, 0.3) is 0 Å². The summed E-state index contributed by atoms with van der Waals surface area (Å²) in [6, 6.07) is 32.2. The molecule has 0 aliphatic carbocycles. The highest BCUT2D eigenvalue weighted by atomic mass is 32.2. The van der Waals surface area contributed by atoms with Crippen molar-refractivity contribution in [3.8, 4) is 0 Å². The topological polar surface area (TPSA) is 15.3 Å². The van der Waals surface area contributed by atoms with Crippen molar-refractivity contribution in [3.63, 3.8) is 0 Å². The lowest BCUT2D eigenvalue weighted by molar-refractivity contribution is 0.399. The fourth-order valence-electron chi connectivity index (χ4n) is 3.76. The van der Waals surface area contributed by atoms with Crippen LogP contribution in [0.5, 0.6) is 0 Å². The minimum Gasteiger partial charge on any atom is -0.309 e. The minimum absolute atomic E-state index is 0.0146. The van der Waals surface area contributed by atoms with E-state index in [-0.39, 0.29) is 10.9 Å². The van der Waals surface area contributed by atoms with Crippen molar-refractivity contribution in [1.82, 2.24) is 9.03 Å². The summed E-state index contributed by atoms with van der Waals surface area (Å²) in [4.78, 5) is 6.34. The van der Waals surface area contributed by atoms with Crippen LogP contribution in [0.15, 0.2) is 106 Å². The Balaban J connectivity index is 0.000000261. The van der Waals surface area contributed by atoms with E-state index in [9.17, 15) is 0 Å². The number of nitrogens with zero attached hydrogens (tertiary/aromatic N) is 1. The van der Waals surface area contributed by atoms with Gasteiger partial charge in [0.15, 0.2) is 14.7 Å². The third-order valence-electron chi connectivity index (χ3n) is 5.76. The first kappa shape index (κ1) is 31.8. The molecule has 3 rings (SSSR count). The van der Waals surface area contributed by atoms with Crippen molar-refractivity contribution >= 4 is 34.8 Å². The molecule has 0 aliphatic heterocycles. The van der Waals surface area contributed by atoms with E-state index in [1.54, 1.807) is 0 Å². The Morgan fingerprint density at radius 2 is 0.973 bits per heavy atom. The average Bonchev–Trinajstić information content (AvgIpc) is 2.93. The standard InChI is InChI=1S/C18H15S.C14H32N2S2/c1-4-10-16(11-5-1)19(17-12-6-2-7-13-17)18-14-8-3-9-15-18;1-4-5-6-7-8-10-13-17-15-18-14-11-9-12-16(2)3/h1-15H;15H,4-14H2,1-3H3/q+1;. The molecule has 3 aromatic carbocycles. The first-order valence-corrected chi connectivity index (χ1v) is 16.9. The molecule has 0 spiro atoms. The molecule has 0 aliphatic rings. The molecule has 5 heteroatoms. The van der Waals surface area contributed by atoms with Gasteiger partial charge in [-0.05, 0) is 76.3 Å². The molecule has 2 nitrogen and oxygen atoms in total. The fraction of sp³-hybridized carbons (Fsp3) is 0.438. The molecular weight excluding hydrogens is 509 g/mol. The smallest absolute Gasteiger partial charge is 0.166 e. The molecule has 0 heterocycles. The van der Waals surface area contributed by atoms with Crippen molar-refractivity contribution in [1.29, 1.82) is 0 Å². The zero-order valence-corrected chi connectivity index (χ0v) is 25.6. The number of rotatable bonds is 17. The number of nitrogens with one attached hydrogen (secondary N) is 1. The van der Waals surface area contributed by atoms with Gasteiger partial charge in [0.2, 0.25) is 0 Å². The fourth-order valence-corrected chi connectivity index (χ4v) is 7.56. The molecule has 0 saturated carbocycles. The summed E-state index contributed by atoms with van der Waals surface area (Å²) in [5.41, 5.74) is 0. The van der Waals surface area contributed by atoms with E-state index in [2.05, 4.69) is 121 Å². The van der Waals surface area contributed by atoms with Crippen LogP contribution in [0.2, 0.25) is 0 Å². The van der Waals surface area contributed by atoms with Gasteiger partial charge in [-0.2, -0.15) is 0 Å². The monoisotopic (exact) mass is 555 g/mol. The lowest BCUT2D eigenvalue weighted by atomic mass is 10.1. The maximum absolute atomic E-state index is 3.40. The number of unbranched alkanes of at least 4 members (excludes halogenated alkanes) is 6. The highest BCUT2D eigenvalue weighted by Crippen LogP contribution is 2.30. The molecule has 3 aromatic rings. The zero-order chi connectivity index (χ0) is 26.4. The van der Waals surface area contributed by atoms with Gasteiger partial charge in [-0.15, -0.1) is 0 Å². The first-order valence-electron chi connectivity index (χ1n) is 13.7. The Hall–Kier alpha value is -1.37. The molecule has 0 aromatic heterocycles. The van der Waals surface area contributed by atoms with Crippen molar-refractivity contribution in [2.24, 2.45) is 0 Å². The van der Waals surface area contributed by atoms with Crippen molar-refractivity contribution < 1.29 is 0 Å². The van der Waals surface area contributed by atoms with Crippen molar-refractivity contribution in [3.05, 3.63) is 91.0 Å². The van der Waals surface area contributed by atoms with E-state index in [0.717, 1.165) is 0 Å². The van der Waals surface area contributed by atoms with E-state index in [1.165, 1.54) is 84.1 Å². The predicted octanol–water partition coefficient (Wildman–Crippen LogP) is 9.36. The molecule has 37 heavy (non-hydrogen) atoms. The molecule has 0 fully saturated rings. The highest BCUT2D eigenvalue weighted by Gasteiger charge is 2.27. The summed E-state index contributed by atoms with van der Waals surface area (Å²) >= 11 is 3.76. The van der Waals surface area contributed by atoms with E-state index >= 15 is 0 Å². The third kappa shape index (κ3) is 15.0. The Labute approximate surface area is 239 Å². The maximum atomic E-state index is 3.40. The van der Waals surface area contributed by atoms with Crippen LogP contribution in [-0.2, 0) is 10.9 Å².